The predicted octanol–water partition coefficient (Wildman–Crippen LogP) is 2.88. The predicted molar refractivity (Wildman–Crippen MR) is 44.5 cm³/mol. The molecule has 0 atom stereocenters. The van der Waals surface area contributed by atoms with Crippen molar-refractivity contribution in [2.75, 3.05) is 0 Å². The van der Waals surface area contributed by atoms with Crippen molar-refractivity contribution in [2.45, 2.75) is 45.4 Å². The number of rotatable bonds is 3. The minimum absolute atomic E-state index is 0.461. The lowest BCUT2D eigenvalue weighted by atomic mass is 9.32. The Morgan fingerprint density at radius 2 is 2.10 bits per heavy atom. The van der Waals surface area contributed by atoms with Gasteiger partial charge in [-0.3, -0.25) is 0 Å². The average Bonchev–Trinajstić information content (AvgIpc) is 1.77. The Hall–Kier alpha value is -0.00506. The van der Waals surface area contributed by atoms with Gasteiger partial charge in [0.05, 0.1) is 6.17 Å². The van der Waals surface area contributed by atoms with Gasteiger partial charge in [0.1, 0.15) is 6.71 Å². The minimum Gasteiger partial charge on any atom is -0.249 e. The van der Waals surface area contributed by atoms with Crippen LogP contribution in [0.25, 0.3) is 0 Å². The normalized spacial score (nSPS) is 19.8. The molecule has 0 N–H and O–H groups in total. The number of halogens is 1. The van der Waals surface area contributed by atoms with Gasteiger partial charge in [-0.1, -0.05) is 26.6 Å². The van der Waals surface area contributed by atoms with Gasteiger partial charge in [0.15, 0.2) is 0 Å². The van der Waals surface area contributed by atoms with Crippen LogP contribution in [0.4, 0.5) is 4.39 Å². The van der Waals surface area contributed by atoms with Crippen LogP contribution in [0, 0.1) is 5.92 Å². The van der Waals surface area contributed by atoms with Gasteiger partial charge in [-0.05, 0) is 18.6 Å². The molecule has 0 bridgehead atoms. The van der Waals surface area contributed by atoms with Crippen LogP contribution in [0.5, 0.6) is 0 Å². The summed E-state index contributed by atoms with van der Waals surface area (Å²) in [4.78, 5) is 0. The largest absolute Gasteiger partial charge is 0.249 e. The van der Waals surface area contributed by atoms with Gasteiger partial charge in [0.25, 0.3) is 0 Å². The Morgan fingerprint density at radius 3 is 2.50 bits per heavy atom. The lowest BCUT2D eigenvalue weighted by Gasteiger charge is -2.26. The van der Waals surface area contributed by atoms with Crippen LogP contribution >= 0.6 is 0 Å². The second kappa shape index (κ2) is 3.40. The number of hydrogen-bond donors (Lipinski definition) is 0. The standard InChI is InChI=1S/C8H16BF/c1-7(2)3-4-9-5-8(10)6-9/h7-8H,3-6H2,1-2H3. The summed E-state index contributed by atoms with van der Waals surface area (Å²) in [5, 5.41) is 0. The third-order valence-corrected chi connectivity index (χ3v) is 2.33. The van der Waals surface area contributed by atoms with E-state index in [1.165, 1.54) is 12.7 Å². The molecule has 0 unspecified atom stereocenters. The van der Waals surface area contributed by atoms with E-state index in [1.54, 1.807) is 0 Å². The van der Waals surface area contributed by atoms with Crippen molar-refractivity contribution in [1.82, 2.24) is 0 Å². The fraction of sp³-hybridized carbons (Fsp3) is 1.00. The summed E-state index contributed by atoms with van der Waals surface area (Å²) in [5.74, 6) is 0.790. The van der Waals surface area contributed by atoms with Crippen molar-refractivity contribution in [2.24, 2.45) is 5.92 Å². The molecule has 0 aromatic rings. The van der Waals surface area contributed by atoms with E-state index in [-0.39, 0.29) is 0 Å². The molecule has 10 heavy (non-hydrogen) atoms. The maximum absolute atomic E-state index is 12.3. The molecule has 58 valence electrons. The zero-order valence-corrected chi connectivity index (χ0v) is 6.94. The Morgan fingerprint density at radius 1 is 1.50 bits per heavy atom. The summed E-state index contributed by atoms with van der Waals surface area (Å²) in [6.07, 6.45) is 3.74. The van der Waals surface area contributed by atoms with E-state index in [4.69, 9.17) is 0 Å². The van der Waals surface area contributed by atoms with Crippen molar-refractivity contribution < 1.29 is 4.39 Å². The van der Waals surface area contributed by atoms with Crippen LogP contribution < -0.4 is 0 Å². The summed E-state index contributed by atoms with van der Waals surface area (Å²) in [5.41, 5.74) is 0. The van der Waals surface area contributed by atoms with Gasteiger partial charge in [0.2, 0.25) is 0 Å². The zero-order valence-electron chi connectivity index (χ0n) is 6.94. The molecule has 0 aromatic carbocycles. The van der Waals surface area contributed by atoms with E-state index in [2.05, 4.69) is 13.8 Å². The molecule has 0 saturated carbocycles. The van der Waals surface area contributed by atoms with Crippen LogP contribution in [0.1, 0.15) is 20.3 Å². The van der Waals surface area contributed by atoms with E-state index in [0.717, 1.165) is 25.3 Å². The summed E-state index contributed by atoms with van der Waals surface area (Å²) in [6.45, 7) is 5.18. The van der Waals surface area contributed by atoms with E-state index in [9.17, 15) is 4.39 Å². The molecule has 1 saturated heterocycles. The Bertz CT molecular complexity index is 97.4. The van der Waals surface area contributed by atoms with Crippen molar-refractivity contribution in [3.63, 3.8) is 0 Å². The highest BCUT2D eigenvalue weighted by molar-refractivity contribution is 6.62. The van der Waals surface area contributed by atoms with Gasteiger partial charge in [-0.15, -0.1) is 0 Å². The molecule has 1 aliphatic heterocycles. The molecule has 0 nitrogen and oxygen atoms in total. The second-order valence-corrected chi connectivity index (χ2v) is 3.91. The molecule has 1 heterocycles. The molecule has 1 aliphatic rings. The van der Waals surface area contributed by atoms with Gasteiger partial charge in [-0.25, -0.2) is 4.39 Å². The first-order valence-electron chi connectivity index (χ1n) is 4.32. The monoisotopic (exact) mass is 142 g/mol. The Balaban J connectivity index is 1.95. The first kappa shape index (κ1) is 8.09. The third kappa shape index (κ3) is 2.32. The molecule has 0 aliphatic carbocycles. The van der Waals surface area contributed by atoms with Crippen LogP contribution in [-0.2, 0) is 0 Å². The van der Waals surface area contributed by atoms with Gasteiger partial charge < -0.3 is 0 Å². The van der Waals surface area contributed by atoms with Gasteiger partial charge in [-0.2, -0.15) is 0 Å². The first-order valence-corrected chi connectivity index (χ1v) is 4.32. The first-order chi connectivity index (χ1) is 4.68. The molecule has 0 spiro atoms. The number of alkyl halides is 1. The van der Waals surface area contributed by atoms with Gasteiger partial charge in [0, 0.05) is 0 Å². The lowest BCUT2D eigenvalue weighted by molar-refractivity contribution is 0.357. The molecular formula is C8H16BF. The van der Waals surface area contributed by atoms with Gasteiger partial charge >= 0.3 is 0 Å². The van der Waals surface area contributed by atoms with Crippen LogP contribution in [0.2, 0.25) is 19.0 Å². The molecule has 2 heteroatoms. The molecule has 1 fully saturated rings. The van der Waals surface area contributed by atoms with Crippen molar-refractivity contribution in [1.29, 1.82) is 0 Å². The van der Waals surface area contributed by atoms with E-state index in [0.29, 0.717) is 0 Å². The fourth-order valence-corrected chi connectivity index (χ4v) is 1.46. The molecular weight excluding hydrogens is 126 g/mol. The second-order valence-electron chi connectivity index (χ2n) is 3.91. The zero-order chi connectivity index (χ0) is 7.56. The van der Waals surface area contributed by atoms with Crippen LogP contribution in [0.15, 0.2) is 0 Å². The van der Waals surface area contributed by atoms with Crippen molar-refractivity contribution in [3.8, 4) is 0 Å². The third-order valence-electron chi connectivity index (χ3n) is 2.33. The number of hydrogen-bond acceptors (Lipinski definition) is 0. The molecule has 0 amide bonds. The summed E-state index contributed by atoms with van der Waals surface area (Å²) in [7, 11) is 0. The molecule has 0 radical (unpaired) electrons. The maximum Gasteiger partial charge on any atom is 0.146 e. The van der Waals surface area contributed by atoms with Crippen LogP contribution in [-0.4, -0.2) is 12.9 Å². The quantitative estimate of drug-likeness (QED) is 0.531. The van der Waals surface area contributed by atoms with Crippen molar-refractivity contribution >= 4 is 6.71 Å². The Labute approximate surface area is 63.3 Å². The van der Waals surface area contributed by atoms with Crippen LogP contribution in [0.3, 0.4) is 0 Å². The summed E-state index contributed by atoms with van der Waals surface area (Å²) < 4.78 is 12.3. The summed E-state index contributed by atoms with van der Waals surface area (Å²) >= 11 is 0. The smallest absolute Gasteiger partial charge is 0.146 e. The average molecular weight is 142 g/mol. The topological polar surface area (TPSA) is 0 Å². The lowest BCUT2D eigenvalue weighted by Crippen LogP contribution is -2.32. The summed E-state index contributed by atoms with van der Waals surface area (Å²) in [6, 6.07) is 0. The van der Waals surface area contributed by atoms with Crippen molar-refractivity contribution in [3.05, 3.63) is 0 Å². The highest BCUT2D eigenvalue weighted by Crippen LogP contribution is 2.29. The van der Waals surface area contributed by atoms with E-state index < -0.39 is 6.17 Å². The van der Waals surface area contributed by atoms with E-state index in [1.807, 2.05) is 0 Å². The highest BCUT2D eigenvalue weighted by atomic mass is 19.1. The SMILES string of the molecule is CC(C)CCB1CC(F)C1. The van der Waals surface area contributed by atoms with E-state index >= 15 is 0 Å². The maximum atomic E-state index is 12.3. The Kier molecular flexibility index (Phi) is 2.76. The fourth-order valence-electron chi connectivity index (χ4n) is 1.46. The minimum atomic E-state index is -0.461. The highest BCUT2D eigenvalue weighted by Gasteiger charge is 2.31. The molecule has 0 aromatic heterocycles. The molecule has 1 rings (SSSR count).